The predicted molar refractivity (Wildman–Crippen MR) is 71.4 cm³/mol. The van der Waals surface area contributed by atoms with Crippen LogP contribution in [0.15, 0.2) is 24.3 Å². The molecular formula is C16H22O2. The third kappa shape index (κ3) is 1.70. The summed E-state index contributed by atoms with van der Waals surface area (Å²) in [5.74, 6) is 0. The van der Waals surface area contributed by atoms with E-state index in [9.17, 15) is 5.11 Å². The first-order valence-corrected chi connectivity index (χ1v) is 7.04. The molecular weight excluding hydrogens is 224 g/mol. The quantitative estimate of drug-likeness (QED) is 0.824. The molecule has 2 aliphatic rings. The molecule has 2 heteroatoms. The van der Waals surface area contributed by atoms with Crippen LogP contribution in [0.4, 0.5) is 0 Å². The lowest BCUT2D eigenvalue weighted by atomic mass is 9.66. The van der Waals surface area contributed by atoms with Gasteiger partial charge in [-0.1, -0.05) is 29.8 Å². The van der Waals surface area contributed by atoms with Gasteiger partial charge in [-0.05, 0) is 44.6 Å². The van der Waals surface area contributed by atoms with Crippen molar-refractivity contribution < 1.29 is 9.84 Å². The third-order valence-electron chi connectivity index (χ3n) is 5.05. The van der Waals surface area contributed by atoms with E-state index in [0.717, 1.165) is 50.9 Å². The predicted octanol–water partition coefficient (Wildman–Crippen LogP) is 3.16. The van der Waals surface area contributed by atoms with Gasteiger partial charge in [-0.2, -0.15) is 0 Å². The second-order valence-corrected chi connectivity index (χ2v) is 5.97. The lowest BCUT2D eigenvalue weighted by Crippen LogP contribution is -2.45. The summed E-state index contributed by atoms with van der Waals surface area (Å²) in [5, 5.41) is 11.3. The Hall–Kier alpha value is -0.860. The van der Waals surface area contributed by atoms with Gasteiger partial charge >= 0.3 is 0 Å². The minimum atomic E-state index is -0.634. The van der Waals surface area contributed by atoms with Crippen LogP contribution >= 0.6 is 0 Å². The van der Waals surface area contributed by atoms with E-state index in [1.54, 1.807) is 0 Å². The normalized spacial score (nSPS) is 30.8. The highest BCUT2D eigenvalue weighted by Crippen LogP contribution is 2.57. The standard InChI is InChI=1S/C16H22O2/c1-13-3-5-14(6-4-13)16(17)8-2-7-15(16)9-11-18-12-10-15/h3-6,17H,2,7-12H2,1H3. The van der Waals surface area contributed by atoms with Crippen LogP contribution in [0.2, 0.25) is 0 Å². The van der Waals surface area contributed by atoms with Gasteiger partial charge in [0, 0.05) is 18.6 Å². The molecule has 0 bridgehead atoms. The van der Waals surface area contributed by atoms with E-state index in [-0.39, 0.29) is 5.41 Å². The number of benzene rings is 1. The van der Waals surface area contributed by atoms with Gasteiger partial charge in [0.2, 0.25) is 0 Å². The molecule has 2 nitrogen and oxygen atoms in total. The molecule has 1 saturated heterocycles. The molecule has 1 aliphatic carbocycles. The SMILES string of the molecule is Cc1ccc(C2(O)CCCC23CCOCC3)cc1. The summed E-state index contributed by atoms with van der Waals surface area (Å²) in [6.07, 6.45) is 5.16. The molecule has 1 aromatic rings. The molecule has 2 fully saturated rings. The second-order valence-electron chi connectivity index (χ2n) is 5.97. The molecule has 1 atom stereocenters. The van der Waals surface area contributed by atoms with Crippen LogP contribution in [0.25, 0.3) is 0 Å². The van der Waals surface area contributed by atoms with Crippen LogP contribution in [0.1, 0.15) is 43.2 Å². The third-order valence-corrected chi connectivity index (χ3v) is 5.05. The van der Waals surface area contributed by atoms with Crippen molar-refractivity contribution in [2.24, 2.45) is 5.41 Å². The average molecular weight is 246 g/mol. The van der Waals surface area contributed by atoms with E-state index in [0.29, 0.717) is 0 Å². The van der Waals surface area contributed by atoms with Gasteiger partial charge < -0.3 is 9.84 Å². The van der Waals surface area contributed by atoms with Gasteiger partial charge in [0.1, 0.15) is 0 Å². The van der Waals surface area contributed by atoms with Crippen LogP contribution in [0.5, 0.6) is 0 Å². The first-order valence-electron chi connectivity index (χ1n) is 7.04. The summed E-state index contributed by atoms with van der Waals surface area (Å²) in [4.78, 5) is 0. The molecule has 1 unspecified atom stereocenters. The lowest BCUT2D eigenvalue weighted by molar-refractivity contribution is -0.119. The summed E-state index contributed by atoms with van der Waals surface area (Å²) in [6.45, 7) is 3.69. The van der Waals surface area contributed by atoms with Gasteiger partial charge in [0.25, 0.3) is 0 Å². The summed E-state index contributed by atoms with van der Waals surface area (Å²) >= 11 is 0. The highest BCUT2D eigenvalue weighted by atomic mass is 16.5. The minimum Gasteiger partial charge on any atom is -0.385 e. The van der Waals surface area contributed by atoms with Gasteiger partial charge in [-0.3, -0.25) is 0 Å². The van der Waals surface area contributed by atoms with Gasteiger partial charge in [-0.15, -0.1) is 0 Å². The average Bonchev–Trinajstić information content (AvgIpc) is 2.70. The van der Waals surface area contributed by atoms with Crippen molar-refractivity contribution in [3.8, 4) is 0 Å². The number of aliphatic hydroxyl groups is 1. The minimum absolute atomic E-state index is 0.0561. The van der Waals surface area contributed by atoms with Crippen molar-refractivity contribution in [2.75, 3.05) is 13.2 Å². The van der Waals surface area contributed by atoms with Crippen molar-refractivity contribution in [1.29, 1.82) is 0 Å². The molecule has 0 aromatic heterocycles. The number of ether oxygens (including phenoxy) is 1. The maximum atomic E-state index is 11.3. The van der Waals surface area contributed by atoms with E-state index in [2.05, 4.69) is 31.2 Å². The zero-order valence-electron chi connectivity index (χ0n) is 11.1. The molecule has 1 saturated carbocycles. The Labute approximate surface area is 109 Å². The first-order chi connectivity index (χ1) is 8.66. The highest BCUT2D eigenvalue weighted by molar-refractivity contribution is 5.30. The van der Waals surface area contributed by atoms with Crippen molar-refractivity contribution >= 4 is 0 Å². The molecule has 98 valence electrons. The van der Waals surface area contributed by atoms with E-state index in [1.165, 1.54) is 5.56 Å². The highest BCUT2D eigenvalue weighted by Gasteiger charge is 2.54. The largest absolute Gasteiger partial charge is 0.385 e. The van der Waals surface area contributed by atoms with E-state index >= 15 is 0 Å². The fourth-order valence-electron chi connectivity index (χ4n) is 3.86. The van der Waals surface area contributed by atoms with E-state index in [4.69, 9.17) is 4.74 Å². The van der Waals surface area contributed by atoms with Gasteiger partial charge in [-0.25, -0.2) is 0 Å². The maximum Gasteiger partial charge on any atom is 0.0954 e. The van der Waals surface area contributed by atoms with E-state index in [1.807, 2.05) is 0 Å². The Morgan fingerprint density at radius 1 is 1.00 bits per heavy atom. The molecule has 1 spiro atoms. The number of aryl methyl sites for hydroxylation is 1. The van der Waals surface area contributed by atoms with Crippen molar-refractivity contribution in [2.45, 2.75) is 44.6 Å². The van der Waals surface area contributed by atoms with Gasteiger partial charge in [0.15, 0.2) is 0 Å². The van der Waals surface area contributed by atoms with Gasteiger partial charge in [0.05, 0.1) is 5.60 Å². The zero-order chi connectivity index (χ0) is 12.6. The maximum absolute atomic E-state index is 11.3. The summed E-state index contributed by atoms with van der Waals surface area (Å²) in [7, 11) is 0. The van der Waals surface area contributed by atoms with Crippen LogP contribution in [-0.2, 0) is 10.3 Å². The number of hydrogen-bond acceptors (Lipinski definition) is 2. The zero-order valence-corrected chi connectivity index (χ0v) is 11.1. The fraction of sp³-hybridized carbons (Fsp3) is 0.625. The molecule has 1 aliphatic heterocycles. The van der Waals surface area contributed by atoms with E-state index < -0.39 is 5.60 Å². The van der Waals surface area contributed by atoms with Crippen molar-refractivity contribution in [3.63, 3.8) is 0 Å². The molecule has 0 amide bonds. The van der Waals surface area contributed by atoms with Crippen molar-refractivity contribution in [1.82, 2.24) is 0 Å². The Morgan fingerprint density at radius 2 is 1.67 bits per heavy atom. The number of hydrogen-bond donors (Lipinski definition) is 1. The molecule has 18 heavy (non-hydrogen) atoms. The second kappa shape index (κ2) is 4.36. The van der Waals surface area contributed by atoms with Crippen LogP contribution in [0.3, 0.4) is 0 Å². The Balaban J connectivity index is 1.98. The monoisotopic (exact) mass is 246 g/mol. The first kappa shape index (κ1) is 12.2. The Kier molecular flexibility index (Phi) is 2.95. The summed E-state index contributed by atoms with van der Waals surface area (Å²) in [5.41, 5.74) is 1.78. The Bertz CT molecular complexity index is 417. The summed E-state index contributed by atoms with van der Waals surface area (Å²) < 4.78 is 5.49. The van der Waals surface area contributed by atoms with Crippen molar-refractivity contribution in [3.05, 3.63) is 35.4 Å². The van der Waals surface area contributed by atoms with Crippen LogP contribution in [-0.4, -0.2) is 18.3 Å². The number of rotatable bonds is 1. The molecule has 0 radical (unpaired) electrons. The summed E-state index contributed by atoms with van der Waals surface area (Å²) in [6, 6.07) is 8.44. The molecule has 1 heterocycles. The topological polar surface area (TPSA) is 29.5 Å². The smallest absolute Gasteiger partial charge is 0.0954 e. The Morgan fingerprint density at radius 3 is 2.33 bits per heavy atom. The van der Waals surface area contributed by atoms with Crippen LogP contribution in [0, 0.1) is 12.3 Å². The molecule has 1 aromatic carbocycles. The molecule has 3 rings (SSSR count). The van der Waals surface area contributed by atoms with Crippen LogP contribution < -0.4 is 0 Å². The lowest BCUT2D eigenvalue weighted by Gasteiger charge is -2.45. The molecule has 1 N–H and O–H groups in total. The fourth-order valence-corrected chi connectivity index (χ4v) is 3.86.